The second-order valence-corrected chi connectivity index (χ2v) is 9.21. The van der Waals surface area contributed by atoms with Crippen LogP contribution in [0.2, 0.25) is 0 Å². The van der Waals surface area contributed by atoms with Crippen molar-refractivity contribution in [3.63, 3.8) is 0 Å². The largest absolute Gasteiger partial charge is 0.790 e. The number of aromatic nitrogens is 4. The smallest absolute Gasteiger partial charge is 0.271 e. The van der Waals surface area contributed by atoms with Crippen LogP contribution in [-0.4, -0.2) is 60.9 Å². The third-order valence-electron chi connectivity index (χ3n) is 3.82. The second-order valence-electron chi connectivity index (χ2n) is 5.74. The molecule has 1 saturated heterocycles. The lowest BCUT2D eigenvalue weighted by molar-refractivity contribution is -0.339. The molecule has 0 aliphatic carbocycles. The van der Waals surface area contributed by atoms with Crippen LogP contribution in [0, 0.1) is 0 Å². The van der Waals surface area contributed by atoms with Crippen molar-refractivity contribution in [1.29, 1.82) is 0 Å². The molecular weight excluding hydrogens is 456 g/mol. The average molecular weight is 470 g/mol. The van der Waals surface area contributed by atoms with E-state index in [0.29, 0.717) is 5.16 Å². The molecule has 1 aliphatic heterocycles. The monoisotopic (exact) mass is 470 g/mol. The number of fused-ring (bicyclic) bond motifs is 1. The molecule has 1 fully saturated rings. The van der Waals surface area contributed by atoms with Crippen molar-refractivity contribution in [2.24, 2.45) is 0 Å². The van der Waals surface area contributed by atoms with Gasteiger partial charge in [0.2, 0.25) is 0 Å². The average Bonchev–Trinajstić information content (AvgIpc) is 3.13. The quantitative estimate of drug-likeness (QED) is 0.208. The normalized spacial score (nSPS) is 27.4. The summed E-state index contributed by atoms with van der Waals surface area (Å²) in [5, 5.41) is 20.7. The zero-order chi connectivity index (χ0) is 21.6. The molecule has 15 nitrogen and oxygen atoms in total. The van der Waals surface area contributed by atoms with Gasteiger partial charge >= 0.3 is 0 Å². The number of aliphatic hydroxyl groups excluding tert-OH is 2. The Morgan fingerprint density at radius 1 is 1.31 bits per heavy atom. The molecule has 18 heteroatoms. The van der Waals surface area contributed by atoms with E-state index in [1.165, 1.54) is 22.7 Å². The lowest BCUT2D eigenvalue weighted by atomic mass is 10.1. The topological polar surface area (TPSA) is 241 Å². The van der Waals surface area contributed by atoms with E-state index in [4.69, 9.17) is 10.5 Å². The first-order valence-electron chi connectivity index (χ1n) is 7.66. The molecule has 0 spiro atoms. The number of nitrogen functional groups attached to an aromatic ring is 1. The summed E-state index contributed by atoms with van der Waals surface area (Å²) in [4.78, 5) is 44.5. The Balaban J connectivity index is 1.80. The van der Waals surface area contributed by atoms with Gasteiger partial charge < -0.3 is 44.5 Å². The second kappa shape index (κ2) is 8.17. The van der Waals surface area contributed by atoms with Crippen molar-refractivity contribution in [2.75, 3.05) is 18.6 Å². The summed E-state index contributed by atoms with van der Waals surface area (Å²) in [6, 6.07) is 0. The fourth-order valence-corrected chi connectivity index (χ4v) is 4.47. The van der Waals surface area contributed by atoms with Crippen LogP contribution < -0.4 is 20.4 Å². The Kier molecular flexibility index (Phi) is 6.34. The summed E-state index contributed by atoms with van der Waals surface area (Å²) in [5.74, 6) is 0.0788. The van der Waals surface area contributed by atoms with E-state index in [0.717, 1.165) is 0 Å². The summed E-state index contributed by atoms with van der Waals surface area (Å²) >= 11 is 1.20. The minimum atomic E-state index is -5.86. The highest BCUT2D eigenvalue weighted by atomic mass is 32.2. The number of nitrogens with zero attached hydrogens (tertiary/aromatic N) is 4. The van der Waals surface area contributed by atoms with Crippen molar-refractivity contribution in [2.45, 2.75) is 29.7 Å². The number of imidazole rings is 1. The van der Waals surface area contributed by atoms with Crippen molar-refractivity contribution in [3.05, 3.63) is 6.33 Å². The van der Waals surface area contributed by atoms with Gasteiger partial charge in [-0.25, -0.2) is 15.0 Å². The highest BCUT2D eigenvalue weighted by Crippen LogP contribution is 2.50. The number of hydrogen-bond donors (Lipinski definition) is 3. The lowest BCUT2D eigenvalue weighted by Crippen LogP contribution is -2.34. The molecule has 1 aliphatic rings. The molecule has 3 heterocycles. The van der Waals surface area contributed by atoms with Gasteiger partial charge in [-0.2, -0.15) is 0 Å². The van der Waals surface area contributed by atoms with Gasteiger partial charge in [0, 0.05) is 0 Å². The maximum Gasteiger partial charge on any atom is 0.271 e. The molecule has 0 aromatic carbocycles. The van der Waals surface area contributed by atoms with Crippen LogP contribution in [-0.2, 0) is 22.7 Å². The number of phosphoric ester groups is 1. The fourth-order valence-electron chi connectivity index (χ4n) is 2.60. The first kappa shape index (κ1) is 22.5. The minimum Gasteiger partial charge on any atom is -0.790 e. The van der Waals surface area contributed by atoms with Crippen LogP contribution in [0.3, 0.4) is 0 Å². The summed E-state index contributed by atoms with van der Waals surface area (Å²) in [6.07, 6.45) is -2.93. The zero-order valence-electron chi connectivity index (χ0n) is 14.4. The molecule has 0 saturated carbocycles. The molecule has 1 unspecified atom stereocenters. The number of anilines is 1. The van der Waals surface area contributed by atoms with E-state index in [-0.39, 0.29) is 17.0 Å². The predicted molar refractivity (Wildman–Crippen MR) is 89.7 cm³/mol. The van der Waals surface area contributed by atoms with Gasteiger partial charge in [0.25, 0.3) is 7.82 Å². The van der Waals surface area contributed by atoms with E-state index in [2.05, 4.69) is 23.8 Å². The van der Waals surface area contributed by atoms with Crippen LogP contribution in [0.1, 0.15) is 6.23 Å². The van der Waals surface area contributed by atoms with Gasteiger partial charge in [-0.3, -0.25) is 13.4 Å². The first-order valence-corrected chi connectivity index (χ1v) is 11.8. The van der Waals surface area contributed by atoms with Gasteiger partial charge in [-0.15, -0.1) is 0 Å². The molecule has 3 rings (SSSR count). The van der Waals surface area contributed by atoms with Gasteiger partial charge in [-0.05, 0) is 6.26 Å². The Morgan fingerprint density at radius 3 is 2.62 bits per heavy atom. The van der Waals surface area contributed by atoms with E-state index in [1.54, 1.807) is 6.26 Å². The van der Waals surface area contributed by atoms with E-state index < -0.39 is 46.8 Å². The SMILES string of the molecule is CSc1nc(N)c2ncn([C@@H]3O[C@H](COP(=O)([O-])OP(=O)([O-])[O-])[C@@H](O)[C@H]3O)c2n1. The molecule has 0 radical (unpaired) electrons. The molecule has 0 bridgehead atoms. The Morgan fingerprint density at radius 2 is 2.00 bits per heavy atom. The number of nitrogens with two attached hydrogens (primary N) is 1. The van der Waals surface area contributed by atoms with Crippen LogP contribution in [0.5, 0.6) is 0 Å². The zero-order valence-corrected chi connectivity index (χ0v) is 17.0. The molecular formula is C11H14N5O10P2S-3. The Hall–Kier alpha value is -1.16. The van der Waals surface area contributed by atoms with Gasteiger partial charge in [0.1, 0.15) is 23.8 Å². The highest BCUT2D eigenvalue weighted by molar-refractivity contribution is 7.98. The van der Waals surface area contributed by atoms with Crippen LogP contribution in [0.25, 0.3) is 11.2 Å². The van der Waals surface area contributed by atoms with Crippen molar-refractivity contribution in [3.8, 4) is 0 Å². The van der Waals surface area contributed by atoms with Crippen LogP contribution in [0.15, 0.2) is 11.5 Å². The highest BCUT2D eigenvalue weighted by Gasteiger charge is 2.45. The van der Waals surface area contributed by atoms with Gasteiger partial charge in [0.15, 0.2) is 22.8 Å². The van der Waals surface area contributed by atoms with Crippen LogP contribution >= 0.6 is 27.4 Å². The van der Waals surface area contributed by atoms with Crippen molar-refractivity contribution in [1.82, 2.24) is 19.5 Å². The molecule has 4 N–H and O–H groups in total. The molecule has 0 amide bonds. The Bertz CT molecular complexity index is 1000. The Labute approximate surface area is 166 Å². The summed E-state index contributed by atoms with van der Waals surface area (Å²) < 4.78 is 36.0. The minimum absolute atomic E-state index is 0.0788. The lowest BCUT2D eigenvalue weighted by Gasteiger charge is -2.35. The third kappa shape index (κ3) is 4.95. The number of aliphatic hydroxyl groups is 2. The third-order valence-corrected chi connectivity index (χ3v) is 6.43. The fraction of sp³-hybridized carbons (Fsp3) is 0.545. The molecule has 5 atom stereocenters. The molecule has 29 heavy (non-hydrogen) atoms. The molecule has 162 valence electrons. The number of ether oxygens (including phenoxy) is 1. The number of rotatable bonds is 7. The summed E-state index contributed by atoms with van der Waals surface area (Å²) in [6.45, 7) is -0.935. The predicted octanol–water partition coefficient (Wildman–Crippen LogP) is -2.92. The van der Waals surface area contributed by atoms with Crippen molar-refractivity contribution >= 4 is 44.4 Å². The van der Waals surface area contributed by atoms with Gasteiger partial charge in [-0.1, -0.05) is 11.8 Å². The number of phosphoric acid groups is 2. The molecule has 2 aromatic rings. The van der Waals surface area contributed by atoms with E-state index >= 15 is 0 Å². The maximum absolute atomic E-state index is 11.3. The summed E-state index contributed by atoms with van der Waals surface area (Å²) in [7, 11) is -11.4. The van der Waals surface area contributed by atoms with E-state index in [9.17, 15) is 34.0 Å². The maximum atomic E-state index is 11.3. The number of hydrogen-bond acceptors (Lipinski definition) is 15. The van der Waals surface area contributed by atoms with Gasteiger partial charge in [0.05, 0.1) is 20.8 Å². The van der Waals surface area contributed by atoms with E-state index in [1.807, 2.05) is 0 Å². The molecule has 2 aromatic heterocycles. The summed E-state index contributed by atoms with van der Waals surface area (Å²) in [5.41, 5.74) is 6.22. The number of thioether (sulfide) groups is 1. The van der Waals surface area contributed by atoms with Crippen LogP contribution in [0.4, 0.5) is 5.82 Å². The van der Waals surface area contributed by atoms with Crippen molar-refractivity contribution < 1.29 is 47.6 Å². The first-order chi connectivity index (χ1) is 13.4. The standard InChI is InChI=1S/C11H17N5O10P2S/c1-29-11-14-8(12)5-9(15-11)16(3-13-5)10-7(18)6(17)4(25-10)2-24-28(22,23)26-27(19,20)21/h3-4,6-7,10,17-18H,2H2,1H3,(H,22,23)(H2,12,14,15)(H2,19,20,21)/p-3/t4-,6-,7-,10-/m1/s1.